The molecule has 0 spiro atoms. The Bertz CT molecular complexity index is 539. The lowest BCUT2D eigenvalue weighted by Crippen LogP contribution is -2.43. The number of benzene rings is 1. The number of carbonyl (C=O) groups is 1. The van der Waals surface area contributed by atoms with E-state index in [1.807, 2.05) is 30.8 Å². The van der Waals surface area contributed by atoms with Crippen LogP contribution in [0.15, 0.2) is 18.2 Å². The first-order valence-electron chi connectivity index (χ1n) is 8.25. The fourth-order valence-electron chi connectivity index (χ4n) is 3.08. The van der Waals surface area contributed by atoms with Crippen molar-refractivity contribution < 1.29 is 14.6 Å². The van der Waals surface area contributed by atoms with Gasteiger partial charge in [0.05, 0.1) is 6.61 Å². The van der Waals surface area contributed by atoms with Crippen molar-refractivity contribution in [3.8, 4) is 5.75 Å². The molecule has 1 aliphatic rings. The van der Waals surface area contributed by atoms with Gasteiger partial charge in [0, 0.05) is 17.7 Å². The van der Waals surface area contributed by atoms with Gasteiger partial charge in [0.25, 0.3) is 0 Å². The summed E-state index contributed by atoms with van der Waals surface area (Å²) >= 11 is 1.95. The van der Waals surface area contributed by atoms with E-state index >= 15 is 0 Å². The molecular weight excluding hydrogens is 346 g/mol. The molecule has 0 saturated carbocycles. The lowest BCUT2D eigenvalue weighted by Gasteiger charge is -2.37. The van der Waals surface area contributed by atoms with Crippen molar-refractivity contribution in [2.75, 3.05) is 26.5 Å². The Balaban J connectivity index is 0.00000288. The molecule has 24 heavy (non-hydrogen) atoms. The monoisotopic (exact) mass is 373 g/mol. The SMILES string of the molecule is CCOC(=O)CCCSC1Cc2ccc(O)cc2CC1N(C)C.Cl. The minimum atomic E-state index is -0.0956. The number of nitrogens with zero attached hydrogens (tertiary/aromatic N) is 1. The van der Waals surface area contributed by atoms with E-state index in [-0.39, 0.29) is 18.4 Å². The zero-order chi connectivity index (χ0) is 16.8. The average molecular weight is 374 g/mol. The summed E-state index contributed by atoms with van der Waals surface area (Å²) in [6.07, 6.45) is 3.35. The molecule has 1 N–H and O–H groups in total. The average Bonchev–Trinajstić information content (AvgIpc) is 2.51. The van der Waals surface area contributed by atoms with E-state index in [1.54, 1.807) is 6.07 Å². The van der Waals surface area contributed by atoms with Crippen molar-refractivity contribution in [3.05, 3.63) is 29.3 Å². The van der Waals surface area contributed by atoms with Crippen molar-refractivity contribution in [2.24, 2.45) is 0 Å². The number of phenolic OH excluding ortho intramolecular Hbond substituents is 1. The van der Waals surface area contributed by atoms with Crippen LogP contribution in [0.2, 0.25) is 0 Å². The molecule has 0 aliphatic heterocycles. The van der Waals surface area contributed by atoms with Crippen molar-refractivity contribution >= 4 is 30.1 Å². The molecule has 0 radical (unpaired) electrons. The summed E-state index contributed by atoms with van der Waals surface area (Å²) in [5, 5.41) is 10.2. The highest BCUT2D eigenvalue weighted by atomic mass is 35.5. The third-order valence-electron chi connectivity index (χ3n) is 4.29. The van der Waals surface area contributed by atoms with E-state index in [1.165, 1.54) is 11.1 Å². The quantitative estimate of drug-likeness (QED) is 0.587. The van der Waals surface area contributed by atoms with Gasteiger partial charge in [0.2, 0.25) is 0 Å². The Morgan fingerprint density at radius 3 is 2.75 bits per heavy atom. The third kappa shape index (κ3) is 5.87. The van der Waals surface area contributed by atoms with Crippen LogP contribution < -0.4 is 0 Å². The first kappa shape index (κ1) is 21.1. The first-order valence-corrected chi connectivity index (χ1v) is 9.30. The predicted octanol–water partition coefficient (Wildman–Crippen LogP) is 3.29. The molecule has 2 unspecified atom stereocenters. The summed E-state index contributed by atoms with van der Waals surface area (Å²) in [5.41, 5.74) is 2.59. The highest BCUT2D eigenvalue weighted by molar-refractivity contribution is 7.99. The van der Waals surface area contributed by atoms with Gasteiger partial charge in [0.15, 0.2) is 0 Å². The summed E-state index contributed by atoms with van der Waals surface area (Å²) < 4.78 is 4.97. The number of hydrogen-bond donors (Lipinski definition) is 1. The molecule has 0 fully saturated rings. The van der Waals surface area contributed by atoms with Gasteiger partial charge in [0.1, 0.15) is 5.75 Å². The standard InChI is InChI=1S/C18H27NO3S.ClH/c1-4-22-18(21)6-5-9-23-17-12-13-7-8-15(20)10-14(13)11-16(17)19(2)3;/h7-8,10,16-17,20H,4-6,9,11-12H2,1-3H3;1H. The van der Waals surface area contributed by atoms with Gasteiger partial charge in [-0.15, -0.1) is 12.4 Å². The van der Waals surface area contributed by atoms with Crippen molar-refractivity contribution in [3.63, 3.8) is 0 Å². The molecule has 4 nitrogen and oxygen atoms in total. The number of likely N-dealkylation sites (N-methyl/N-ethyl adjacent to an activating group) is 1. The van der Waals surface area contributed by atoms with Gasteiger partial charge in [-0.2, -0.15) is 11.8 Å². The van der Waals surface area contributed by atoms with Crippen LogP contribution in [-0.4, -0.2) is 53.7 Å². The zero-order valence-electron chi connectivity index (χ0n) is 14.7. The van der Waals surface area contributed by atoms with Crippen molar-refractivity contribution in [1.29, 1.82) is 0 Å². The maximum atomic E-state index is 11.4. The summed E-state index contributed by atoms with van der Waals surface area (Å²) in [7, 11) is 4.23. The second-order valence-corrected chi connectivity index (χ2v) is 7.56. The van der Waals surface area contributed by atoms with Crippen LogP contribution in [0.3, 0.4) is 0 Å². The Morgan fingerprint density at radius 2 is 2.08 bits per heavy atom. The first-order chi connectivity index (χ1) is 11.0. The number of aromatic hydroxyl groups is 1. The number of hydrogen-bond acceptors (Lipinski definition) is 5. The van der Waals surface area contributed by atoms with Crippen LogP contribution in [0.25, 0.3) is 0 Å². The number of rotatable bonds is 7. The summed E-state index contributed by atoms with van der Waals surface area (Å²) in [6, 6.07) is 6.17. The normalized spacial score (nSPS) is 19.5. The van der Waals surface area contributed by atoms with Crippen LogP contribution in [0, 0.1) is 0 Å². The van der Waals surface area contributed by atoms with Gasteiger partial charge >= 0.3 is 5.97 Å². The second-order valence-electron chi connectivity index (χ2n) is 6.21. The van der Waals surface area contributed by atoms with E-state index in [4.69, 9.17) is 4.74 Å². The largest absolute Gasteiger partial charge is 0.508 e. The Hall–Kier alpha value is -0.910. The molecule has 0 amide bonds. The maximum absolute atomic E-state index is 11.4. The molecule has 6 heteroatoms. The summed E-state index contributed by atoms with van der Waals surface area (Å²) in [5.74, 6) is 1.23. The van der Waals surface area contributed by atoms with Crippen LogP contribution in [0.1, 0.15) is 30.9 Å². The van der Waals surface area contributed by atoms with Gasteiger partial charge < -0.3 is 14.7 Å². The molecule has 0 heterocycles. The lowest BCUT2D eigenvalue weighted by molar-refractivity contribution is -0.143. The predicted molar refractivity (Wildman–Crippen MR) is 102 cm³/mol. The summed E-state index contributed by atoms with van der Waals surface area (Å²) in [6.45, 7) is 2.30. The third-order valence-corrected chi connectivity index (χ3v) is 5.73. The fraction of sp³-hybridized carbons (Fsp3) is 0.611. The number of esters is 1. The van der Waals surface area contributed by atoms with E-state index in [0.717, 1.165) is 25.0 Å². The number of halogens is 1. The van der Waals surface area contributed by atoms with Crippen LogP contribution in [0.5, 0.6) is 5.75 Å². The van der Waals surface area contributed by atoms with Gasteiger partial charge in [-0.3, -0.25) is 4.79 Å². The van der Waals surface area contributed by atoms with E-state index in [0.29, 0.717) is 30.1 Å². The molecule has 2 rings (SSSR count). The highest BCUT2D eigenvalue weighted by Crippen LogP contribution is 2.33. The zero-order valence-corrected chi connectivity index (χ0v) is 16.3. The molecule has 136 valence electrons. The molecule has 0 saturated heterocycles. The second kappa shape index (κ2) is 10.2. The van der Waals surface area contributed by atoms with Crippen molar-refractivity contribution in [1.82, 2.24) is 4.90 Å². The fourth-order valence-corrected chi connectivity index (χ4v) is 4.55. The minimum absolute atomic E-state index is 0. The number of carbonyl (C=O) groups excluding carboxylic acids is 1. The Morgan fingerprint density at radius 1 is 1.33 bits per heavy atom. The molecular formula is C18H28ClNO3S. The number of ether oxygens (including phenoxy) is 1. The topological polar surface area (TPSA) is 49.8 Å². The smallest absolute Gasteiger partial charge is 0.305 e. The van der Waals surface area contributed by atoms with E-state index in [2.05, 4.69) is 19.0 Å². The lowest BCUT2D eigenvalue weighted by atomic mass is 9.87. The van der Waals surface area contributed by atoms with Gasteiger partial charge in [-0.05, 0) is 69.3 Å². The highest BCUT2D eigenvalue weighted by Gasteiger charge is 2.30. The minimum Gasteiger partial charge on any atom is -0.508 e. The van der Waals surface area contributed by atoms with Crippen LogP contribution in [0.4, 0.5) is 0 Å². The Kier molecular flexibility index (Phi) is 8.95. The number of thioether (sulfide) groups is 1. The van der Waals surface area contributed by atoms with Crippen LogP contribution >= 0.6 is 24.2 Å². The van der Waals surface area contributed by atoms with Crippen molar-refractivity contribution in [2.45, 2.75) is 43.9 Å². The van der Waals surface area contributed by atoms with E-state index in [9.17, 15) is 9.90 Å². The summed E-state index contributed by atoms with van der Waals surface area (Å²) in [4.78, 5) is 13.7. The molecule has 0 bridgehead atoms. The van der Waals surface area contributed by atoms with E-state index < -0.39 is 0 Å². The number of phenols is 1. The maximum Gasteiger partial charge on any atom is 0.305 e. The molecule has 1 aromatic rings. The molecule has 2 atom stereocenters. The van der Waals surface area contributed by atoms with Crippen LogP contribution in [-0.2, 0) is 22.4 Å². The molecule has 1 aliphatic carbocycles. The van der Waals surface area contributed by atoms with Gasteiger partial charge in [-0.1, -0.05) is 6.07 Å². The Labute approximate surface area is 155 Å². The van der Waals surface area contributed by atoms with Gasteiger partial charge in [-0.25, -0.2) is 0 Å². The molecule has 1 aromatic carbocycles. The molecule has 0 aromatic heterocycles. The number of fused-ring (bicyclic) bond motifs is 1.